The van der Waals surface area contributed by atoms with Crippen LogP contribution in [0.4, 0.5) is 5.82 Å². The molecule has 0 aromatic carbocycles. The summed E-state index contributed by atoms with van der Waals surface area (Å²) in [5.41, 5.74) is 1.02. The van der Waals surface area contributed by atoms with Gasteiger partial charge in [-0.2, -0.15) is 0 Å². The van der Waals surface area contributed by atoms with Gasteiger partial charge >= 0.3 is 0 Å². The number of aromatic nitrogens is 2. The Kier molecular flexibility index (Phi) is 5.10. The van der Waals surface area contributed by atoms with E-state index in [0.717, 1.165) is 50.8 Å². The summed E-state index contributed by atoms with van der Waals surface area (Å²) in [5, 5.41) is 3.38. The Bertz CT molecular complexity index is 385. The third-order valence-electron chi connectivity index (χ3n) is 3.51. The van der Waals surface area contributed by atoms with Crippen molar-refractivity contribution in [1.29, 1.82) is 0 Å². The van der Waals surface area contributed by atoms with Crippen LogP contribution in [0.15, 0.2) is 12.4 Å². The van der Waals surface area contributed by atoms with Gasteiger partial charge in [0.2, 0.25) is 0 Å². The van der Waals surface area contributed by atoms with Gasteiger partial charge in [0, 0.05) is 45.0 Å². The maximum atomic E-state index is 4.70. The van der Waals surface area contributed by atoms with Crippen LogP contribution in [0, 0.1) is 0 Å². The summed E-state index contributed by atoms with van der Waals surface area (Å²) in [6, 6.07) is 0.471. The van der Waals surface area contributed by atoms with Crippen LogP contribution < -0.4 is 10.2 Å². The van der Waals surface area contributed by atoms with Crippen molar-refractivity contribution in [2.24, 2.45) is 0 Å². The van der Waals surface area contributed by atoms with E-state index in [1.165, 1.54) is 0 Å². The normalized spacial score (nSPS) is 17.2. The van der Waals surface area contributed by atoms with E-state index in [2.05, 4.69) is 40.9 Å². The Balaban J connectivity index is 1.95. The van der Waals surface area contributed by atoms with Gasteiger partial charge in [0.1, 0.15) is 5.82 Å². The van der Waals surface area contributed by atoms with Crippen molar-refractivity contribution in [3.8, 4) is 0 Å². The molecule has 1 saturated heterocycles. The van der Waals surface area contributed by atoms with Crippen molar-refractivity contribution in [3.05, 3.63) is 18.1 Å². The van der Waals surface area contributed by atoms with Gasteiger partial charge in [-0.1, -0.05) is 20.8 Å². The average Bonchev–Trinajstić information content (AvgIpc) is 2.45. The van der Waals surface area contributed by atoms with Gasteiger partial charge in [0.15, 0.2) is 0 Å². The van der Waals surface area contributed by atoms with Crippen molar-refractivity contribution in [1.82, 2.24) is 20.2 Å². The molecule has 0 unspecified atom stereocenters. The first kappa shape index (κ1) is 14.2. The molecule has 0 aliphatic carbocycles. The van der Waals surface area contributed by atoms with Gasteiger partial charge in [-0.3, -0.25) is 4.98 Å². The first-order chi connectivity index (χ1) is 9.19. The molecule has 5 nitrogen and oxygen atoms in total. The third-order valence-corrected chi connectivity index (χ3v) is 3.51. The third kappa shape index (κ3) is 4.14. The lowest BCUT2D eigenvalue weighted by atomic mass is 10.3. The Morgan fingerprint density at radius 3 is 2.58 bits per heavy atom. The van der Waals surface area contributed by atoms with E-state index in [4.69, 9.17) is 4.98 Å². The maximum absolute atomic E-state index is 4.70. The van der Waals surface area contributed by atoms with E-state index >= 15 is 0 Å². The van der Waals surface area contributed by atoms with E-state index in [-0.39, 0.29) is 0 Å². The number of nitrogens with one attached hydrogen (secondary N) is 1. The molecule has 1 aromatic heterocycles. The number of rotatable bonds is 5. The number of anilines is 1. The molecule has 0 saturated carbocycles. The fourth-order valence-corrected chi connectivity index (χ4v) is 2.23. The number of piperazine rings is 1. The summed E-state index contributed by atoms with van der Waals surface area (Å²) in [7, 11) is 0. The fourth-order valence-electron chi connectivity index (χ4n) is 2.23. The second-order valence-corrected chi connectivity index (χ2v) is 5.33. The average molecular weight is 263 g/mol. The molecule has 5 heteroatoms. The summed E-state index contributed by atoms with van der Waals surface area (Å²) in [4.78, 5) is 13.8. The molecule has 1 N–H and O–H groups in total. The standard InChI is InChI=1S/C14H25N5/c1-4-18-5-7-19(8-6-18)14-11-15-9-13(17-14)10-16-12(2)3/h9,11-12,16H,4-8,10H2,1-3H3. The van der Waals surface area contributed by atoms with Crippen molar-refractivity contribution in [2.45, 2.75) is 33.4 Å². The highest BCUT2D eigenvalue weighted by Gasteiger charge is 2.17. The van der Waals surface area contributed by atoms with Crippen LogP contribution in [0.2, 0.25) is 0 Å². The van der Waals surface area contributed by atoms with Crippen LogP contribution in [-0.4, -0.2) is 53.6 Å². The molecular formula is C14H25N5. The molecule has 2 rings (SSSR count). The van der Waals surface area contributed by atoms with Gasteiger partial charge in [-0.25, -0.2) is 4.98 Å². The Morgan fingerprint density at radius 1 is 1.21 bits per heavy atom. The zero-order chi connectivity index (χ0) is 13.7. The lowest BCUT2D eigenvalue weighted by Crippen LogP contribution is -2.46. The molecule has 0 amide bonds. The number of nitrogens with zero attached hydrogens (tertiary/aromatic N) is 4. The smallest absolute Gasteiger partial charge is 0.147 e. The van der Waals surface area contributed by atoms with E-state index in [0.29, 0.717) is 6.04 Å². The van der Waals surface area contributed by atoms with Crippen molar-refractivity contribution < 1.29 is 0 Å². The van der Waals surface area contributed by atoms with Crippen molar-refractivity contribution in [2.75, 3.05) is 37.6 Å². The molecule has 0 spiro atoms. The number of likely N-dealkylation sites (N-methyl/N-ethyl adjacent to an activating group) is 1. The highest BCUT2D eigenvalue weighted by molar-refractivity contribution is 5.37. The summed E-state index contributed by atoms with van der Waals surface area (Å²) in [5.74, 6) is 1.01. The maximum Gasteiger partial charge on any atom is 0.147 e. The van der Waals surface area contributed by atoms with E-state index in [1.54, 1.807) is 0 Å². The van der Waals surface area contributed by atoms with Gasteiger partial charge in [0.05, 0.1) is 11.9 Å². The van der Waals surface area contributed by atoms with Gasteiger partial charge in [-0.05, 0) is 6.54 Å². The Labute approximate surface area is 116 Å². The Hall–Kier alpha value is -1.20. The minimum Gasteiger partial charge on any atom is -0.353 e. The molecule has 106 valence electrons. The minimum atomic E-state index is 0.471. The Morgan fingerprint density at radius 2 is 1.95 bits per heavy atom. The lowest BCUT2D eigenvalue weighted by molar-refractivity contribution is 0.270. The topological polar surface area (TPSA) is 44.3 Å². The second-order valence-electron chi connectivity index (χ2n) is 5.33. The molecule has 2 heterocycles. The van der Waals surface area contributed by atoms with E-state index in [1.807, 2.05) is 12.4 Å². The summed E-state index contributed by atoms with van der Waals surface area (Å²) in [6.07, 6.45) is 3.72. The van der Waals surface area contributed by atoms with Crippen molar-refractivity contribution in [3.63, 3.8) is 0 Å². The largest absolute Gasteiger partial charge is 0.353 e. The van der Waals surface area contributed by atoms with Crippen molar-refractivity contribution >= 4 is 5.82 Å². The van der Waals surface area contributed by atoms with Gasteiger partial charge < -0.3 is 15.1 Å². The molecule has 0 radical (unpaired) electrons. The quantitative estimate of drug-likeness (QED) is 0.862. The minimum absolute atomic E-state index is 0.471. The monoisotopic (exact) mass is 263 g/mol. The van der Waals surface area contributed by atoms with Crippen LogP contribution in [-0.2, 0) is 6.54 Å². The molecule has 1 aromatic rings. The first-order valence-corrected chi connectivity index (χ1v) is 7.20. The van der Waals surface area contributed by atoms with Gasteiger partial charge in [-0.15, -0.1) is 0 Å². The molecule has 0 bridgehead atoms. The van der Waals surface area contributed by atoms with Crippen LogP contribution in [0.25, 0.3) is 0 Å². The van der Waals surface area contributed by atoms with E-state index in [9.17, 15) is 0 Å². The number of hydrogen-bond acceptors (Lipinski definition) is 5. The summed E-state index contributed by atoms with van der Waals surface area (Å²) in [6.45, 7) is 12.7. The first-order valence-electron chi connectivity index (χ1n) is 7.20. The second kappa shape index (κ2) is 6.82. The predicted octanol–water partition coefficient (Wildman–Crippen LogP) is 1.12. The predicted molar refractivity (Wildman–Crippen MR) is 78.3 cm³/mol. The zero-order valence-corrected chi connectivity index (χ0v) is 12.3. The highest BCUT2D eigenvalue weighted by atomic mass is 15.3. The van der Waals surface area contributed by atoms with Crippen LogP contribution in [0.1, 0.15) is 26.5 Å². The molecule has 1 aliphatic heterocycles. The molecule has 1 fully saturated rings. The molecule has 1 aliphatic rings. The molecular weight excluding hydrogens is 238 g/mol. The SMILES string of the molecule is CCN1CCN(c2cncc(CNC(C)C)n2)CC1. The van der Waals surface area contributed by atoms with Crippen LogP contribution in [0.5, 0.6) is 0 Å². The van der Waals surface area contributed by atoms with Crippen LogP contribution in [0.3, 0.4) is 0 Å². The molecule has 19 heavy (non-hydrogen) atoms. The zero-order valence-electron chi connectivity index (χ0n) is 12.3. The fraction of sp³-hybridized carbons (Fsp3) is 0.714. The van der Waals surface area contributed by atoms with Gasteiger partial charge in [0.25, 0.3) is 0 Å². The van der Waals surface area contributed by atoms with Crippen LogP contribution >= 0.6 is 0 Å². The summed E-state index contributed by atoms with van der Waals surface area (Å²) >= 11 is 0. The van der Waals surface area contributed by atoms with E-state index < -0.39 is 0 Å². The highest BCUT2D eigenvalue weighted by Crippen LogP contribution is 2.12. The lowest BCUT2D eigenvalue weighted by Gasteiger charge is -2.34. The molecule has 0 atom stereocenters. The summed E-state index contributed by atoms with van der Waals surface area (Å²) < 4.78 is 0. The number of hydrogen-bond donors (Lipinski definition) is 1.